The number of hydrogen-bond donors (Lipinski definition) is 2. The lowest BCUT2D eigenvalue weighted by Gasteiger charge is -2.47. The Bertz CT molecular complexity index is 1080. The standard InChI is InChI=1S/C25H23F2N3O/c26-19-10-4-16(5-11-19)2-1-3-22-23(17-6-8-18(9-7-17)24(28)29)30(25(22)31)21-14-12-20(27)13-15-21/h4-15,22-23H,1-3H2,(H3,28,29). The Morgan fingerprint density at radius 1 is 0.903 bits per heavy atom. The molecule has 0 saturated carbocycles. The quantitative estimate of drug-likeness (QED) is 0.322. The molecule has 3 N–H and O–H groups in total. The van der Waals surface area contributed by atoms with Gasteiger partial charge in [-0.25, -0.2) is 8.78 Å². The van der Waals surface area contributed by atoms with Crippen LogP contribution in [0, 0.1) is 23.0 Å². The van der Waals surface area contributed by atoms with Crippen LogP contribution in [0.25, 0.3) is 0 Å². The first-order valence-corrected chi connectivity index (χ1v) is 10.2. The second kappa shape index (κ2) is 8.68. The Labute approximate surface area is 179 Å². The van der Waals surface area contributed by atoms with Crippen molar-refractivity contribution in [1.82, 2.24) is 0 Å². The van der Waals surface area contributed by atoms with E-state index >= 15 is 0 Å². The van der Waals surface area contributed by atoms with E-state index in [4.69, 9.17) is 11.1 Å². The van der Waals surface area contributed by atoms with Crippen molar-refractivity contribution in [3.63, 3.8) is 0 Å². The third kappa shape index (κ3) is 4.33. The van der Waals surface area contributed by atoms with Gasteiger partial charge < -0.3 is 10.6 Å². The van der Waals surface area contributed by atoms with Crippen LogP contribution in [-0.2, 0) is 11.2 Å². The normalized spacial score (nSPS) is 18.0. The summed E-state index contributed by atoms with van der Waals surface area (Å²) < 4.78 is 26.5. The first-order valence-electron chi connectivity index (χ1n) is 10.2. The van der Waals surface area contributed by atoms with Crippen molar-refractivity contribution in [1.29, 1.82) is 5.41 Å². The number of carbonyl (C=O) groups is 1. The molecule has 0 bridgehead atoms. The molecule has 4 rings (SSSR count). The summed E-state index contributed by atoms with van der Waals surface area (Å²) in [7, 11) is 0. The summed E-state index contributed by atoms with van der Waals surface area (Å²) >= 11 is 0. The number of aryl methyl sites for hydroxylation is 1. The van der Waals surface area contributed by atoms with Crippen LogP contribution in [0.4, 0.5) is 14.5 Å². The number of anilines is 1. The van der Waals surface area contributed by atoms with E-state index < -0.39 is 0 Å². The lowest BCUT2D eigenvalue weighted by Crippen LogP contribution is -2.55. The van der Waals surface area contributed by atoms with E-state index in [-0.39, 0.29) is 35.3 Å². The smallest absolute Gasteiger partial charge is 0.233 e. The zero-order valence-corrected chi connectivity index (χ0v) is 16.9. The highest BCUT2D eigenvalue weighted by atomic mass is 19.1. The molecule has 1 amide bonds. The number of nitrogens with one attached hydrogen (secondary N) is 1. The number of amidine groups is 1. The van der Waals surface area contributed by atoms with Crippen LogP contribution in [-0.4, -0.2) is 11.7 Å². The van der Waals surface area contributed by atoms with Crippen molar-refractivity contribution in [2.24, 2.45) is 11.7 Å². The molecule has 2 atom stereocenters. The molecule has 3 aromatic carbocycles. The Balaban J connectivity index is 1.54. The molecule has 31 heavy (non-hydrogen) atoms. The minimum Gasteiger partial charge on any atom is -0.384 e. The predicted molar refractivity (Wildman–Crippen MR) is 117 cm³/mol. The van der Waals surface area contributed by atoms with Gasteiger partial charge in [0.25, 0.3) is 0 Å². The van der Waals surface area contributed by atoms with Crippen LogP contribution >= 0.6 is 0 Å². The molecule has 3 aromatic rings. The zero-order valence-electron chi connectivity index (χ0n) is 16.9. The van der Waals surface area contributed by atoms with Gasteiger partial charge >= 0.3 is 0 Å². The fourth-order valence-corrected chi connectivity index (χ4v) is 4.14. The molecule has 1 heterocycles. The molecule has 1 saturated heterocycles. The number of amides is 1. The predicted octanol–water partition coefficient (Wildman–Crippen LogP) is 4.98. The number of nitrogen functional groups attached to an aromatic ring is 1. The second-order valence-corrected chi connectivity index (χ2v) is 7.79. The van der Waals surface area contributed by atoms with E-state index in [1.807, 2.05) is 12.1 Å². The Morgan fingerprint density at radius 3 is 2.06 bits per heavy atom. The lowest BCUT2D eigenvalue weighted by molar-refractivity contribution is -0.130. The number of rotatable bonds is 7. The molecular formula is C25H23F2N3O. The minimum absolute atomic E-state index is 0.00589. The molecule has 1 fully saturated rings. The van der Waals surface area contributed by atoms with Gasteiger partial charge in [0.1, 0.15) is 17.5 Å². The minimum atomic E-state index is -0.352. The maximum Gasteiger partial charge on any atom is 0.233 e. The van der Waals surface area contributed by atoms with Gasteiger partial charge in [-0.15, -0.1) is 0 Å². The maximum absolute atomic E-state index is 13.4. The summed E-state index contributed by atoms with van der Waals surface area (Å²) in [6.45, 7) is 0. The summed E-state index contributed by atoms with van der Waals surface area (Å²) in [6, 6.07) is 19.5. The molecule has 4 nitrogen and oxygen atoms in total. The van der Waals surface area contributed by atoms with Gasteiger partial charge in [0.15, 0.2) is 0 Å². The molecule has 2 unspecified atom stereocenters. The first-order chi connectivity index (χ1) is 14.9. The van der Waals surface area contributed by atoms with Crippen molar-refractivity contribution >= 4 is 17.4 Å². The number of β-lactam (4-membered cyclic amide) rings is 1. The number of nitrogens with two attached hydrogens (primary N) is 1. The van der Waals surface area contributed by atoms with Gasteiger partial charge in [0.05, 0.1) is 12.0 Å². The number of hydrogen-bond acceptors (Lipinski definition) is 2. The fraction of sp³-hybridized carbons (Fsp3) is 0.200. The highest BCUT2D eigenvalue weighted by Gasteiger charge is 2.48. The average Bonchev–Trinajstić information content (AvgIpc) is 2.77. The van der Waals surface area contributed by atoms with E-state index in [9.17, 15) is 13.6 Å². The van der Waals surface area contributed by atoms with Crippen LogP contribution in [0.5, 0.6) is 0 Å². The van der Waals surface area contributed by atoms with Crippen molar-refractivity contribution in [3.8, 4) is 0 Å². The summed E-state index contributed by atoms with van der Waals surface area (Å²) in [4.78, 5) is 14.7. The zero-order chi connectivity index (χ0) is 22.0. The monoisotopic (exact) mass is 419 g/mol. The Hall–Kier alpha value is -3.54. The third-order valence-electron chi connectivity index (χ3n) is 5.78. The van der Waals surface area contributed by atoms with Gasteiger partial charge in [0, 0.05) is 11.3 Å². The molecular weight excluding hydrogens is 396 g/mol. The molecule has 0 aromatic heterocycles. The molecule has 158 valence electrons. The van der Waals surface area contributed by atoms with Crippen LogP contribution < -0.4 is 10.6 Å². The molecule has 0 spiro atoms. The second-order valence-electron chi connectivity index (χ2n) is 7.79. The summed E-state index contributed by atoms with van der Waals surface area (Å²) in [5.41, 5.74) is 8.81. The Morgan fingerprint density at radius 2 is 1.48 bits per heavy atom. The lowest BCUT2D eigenvalue weighted by atomic mass is 9.78. The fourth-order valence-electron chi connectivity index (χ4n) is 4.14. The number of nitrogens with zero attached hydrogens (tertiary/aromatic N) is 1. The van der Waals surface area contributed by atoms with Crippen molar-refractivity contribution in [2.45, 2.75) is 25.3 Å². The van der Waals surface area contributed by atoms with Crippen LogP contribution in [0.3, 0.4) is 0 Å². The Kier molecular flexibility index (Phi) is 5.80. The van der Waals surface area contributed by atoms with Crippen molar-refractivity contribution in [3.05, 3.63) is 101 Å². The highest BCUT2D eigenvalue weighted by molar-refractivity contribution is 6.03. The van der Waals surface area contributed by atoms with Gasteiger partial charge in [-0.1, -0.05) is 36.4 Å². The SMILES string of the molecule is N=C(N)c1ccc(C2C(CCCc3ccc(F)cc3)C(=O)N2c2ccc(F)cc2)cc1. The van der Waals surface area contributed by atoms with Gasteiger partial charge in [-0.3, -0.25) is 10.2 Å². The van der Waals surface area contributed by atoms with Crippen LogP contribution in [0.15, 0.2) is 72.8 Å². The highest BCUT2D eigenvalue weighted by Crippen LogP contribution is 2.45. The number of carbonyl (C=O) groups excluding carboxylic acids is 1. The van der Waals surface area contributed by atoms with Crippen LogP contribution in [0.2, 0.25) is 0 Å². The first kappa shape index (κ1) is 20.7. The number of halogens is 2. The molecule has 0 radical (unpaired) electrons. The van der Waals surface area contributed by atoms with Gasteiger partial charge in [-0.2, -0.15) is 0 Å². The van der Waals surface area contributed by atoms with E-state index in [0.717, 1.165) is 24.0 Å². The van der Waals surface area contributed by atoms with E-state index in [1.165, 1.54) is 24.3 Å². The average molecular weight is 419 g/mol. The van der Waals surface area contributed by atoms with E-state index in [1.54, 1.807) is 41.3 Å². The van der Waals surface area contributed by atoms with Gasteiger partial charge in [-0.05, 0) is 66.8 Å². The van der Waals surface area contributed by atoms with E-state index in [2.05, 4.69) is 0 Å². The summed E-state index contributed by atoms with van der Waals surface area (Å²) in [5, 5.41) is 7.58. The largest absolute Gasteiger partial charge is 0.384 e. The maximum atomic E-state index is 13.4. The summed E-state index contributed by atoms with van der Waals surface area (Å²) in [6.07, 6.45) is 2.24. The topological polar surface area (TPSA) is 70.2 Å². The van der Waals surface area contributed by atoms with Crippen LogP contribution in [0.1, 0.15) is 35.6 Å². The molecule has 1 aliphatic rings. The third-order valence-corrected chi connectivity index (χ3v) is 5.78. The summed E-state index contributed by atoms with van der Waals surface area (Å²) in [5.74, 6) is -0.820. The molecule has 6 heteroatoms. The molecule has 0 aliphatic carbocycles. The van der Waals surface area contributed by atoms with Crippen molar-refractivity contribution < 1.29 is 13.6 Å². The van der Waals surface area contributed by atoms with Crippen molar-refractivity contribution in [2.75, 3.05) is 4.90 Å². The van der Waals surface area contributed by atoms with Gasteiger partial charge in [0.2, 0.25) is 5.91 Å². The number of benzene rings is 3. The van der Waals surface area contributed by atoms with E-state index in [0.29, 0.717) is 17.7 Å². The molecule has 1 aliphatic heterocycles.